The summed E-state index contributed by atoms with van der Waals surface area (Å²) in [5.41, 5.74) is 18.6. The Balaban J connectivity index is 1.29. The molecule has 4 heteroatoms. The molecule has 0 N–H and O–H groups in total. The molecule has 0 radical (unpaired) electrons. The van der Waals surface area contributed by atoms with Crippen LogP contribution in [0, 0.1) is 13.8 Å². The molecule has 0 atom stereocenters. The van der Waals surface area contributed by atoms with Gasteiger partial charge in [0.25, 0.3) is 5.82 Å². The van der Waals surface area contributed by atoms with E-state index in [4.69, 9.17) is 24.8 Å². The van der Waals surface area contributed by atoms with E-state index in [0.29, 0.717) is 4.20 Å². The van der Waals surface area contributed by atoms with Gasteiger partial charge in [0.05, 0.1) is 0 Å². The minimum atomic E-state index is -0.146. The van der Waals surface area contributed by atoms with Gasteiger partial charge < -0.3 is 24.8 Å². The summed E-state index contributed by atoms with van der Waals surface area (Å²) in [5, 5.41) is 0. The van der Waals surface area contributed by atoms with E-state index >= 15 is 0 Å². The van der Waals surface area contributed by atoms with E-state index < -0.39 is 0 Å². The van der Waals surface area contributed by atoms with E-state index in [-0.39, 0.29) is 23.7 Å². The van der Waals surface area contributed by atoms with Gasteiger partial charge in [0, 0.05) is 45.9 Å². The predicted molar refractivity (Wildman–Crippen MR) is 311 cm³/mol. The van der Waals surface area contributed by atoms with Gasteiger partial charge in [-0.3, -0.25) is 0 Å². The minimum Gasteiger partial charge on any atom is -0.421 e. The number of benzene rings is 10. The van der Waals surface area contributed by atoms with E-state index in [0.717, 1.165) is 39.5 Å². The van der Waals surface area contributed by atoms with Crippen molar-refractivity contribution in [3.05, 3.63) is 363 Å². The number of nitrogens with zero attached hydrogens (tertiary/aromatic N) is 2. The van der Waals surface area contributed by atoms with Crippen LogP contribution in [0.25, 0.3) is 11.4 Å². The van der Waals surface area contributed by atoms with E-state index in [9.17, 15) is 0 Å². The lowest BCUT2D eigenvalue weighted by atomic mass is 9.78. The average Bonchev–Trinajstić information content (AvgIpc) is 3.88. The summed E-state index contributed by atoms with van der Waals surface area (Å²) >= 11 is 13.0. The second kappa shape index (κ2) is 21.8. The zero-order valence-corrected chi connectivity index (χ0v) is 43.2. The fourth-order valence-corrected chi connectivity index (χ4v) is 11.8. The molecule has 1 aromatic heterocycles. The highest BCUT2D eigenvalue weighted by Crippen LogP contribution is 2.45. The van der Waals surface area contributed by atoms with Crippen molar-refractivity contribution in [2.75, 3.05) is 0 Å². The number of aromatic nitrogens is 2. The maximum Gasteiger partial charge on any atom is 0.279 e. The largest absolute Gasteiger partial charge is 0.421 e. The normalized spacial score (nSPS) is 11.4. The minimum absolute atomic E-state index is 0.146. The molecular weight excluding hydrogens is 933 g/mol. The highest BCUT2D eigenvalue weighted by molar-refractivity contribution is 8.01. The van der Waals surface area contributed by atoms with Gasteiger partial charge in [0.15, 0.2) is 0 Å². The molecule has 0 aliphatic heterocycles. The molecule has 10 aromatic carbocycles. The number of aryl methyl sites for hydroxylation is 2. The molecule has 0 aliphatic carbocycles. The van der Waals surface area contributed by atoms with Crippen molar-refractivity contribution in [2.45, 2.75) is 37.5 Å². The lowest BCUT2D eigenvalue weighted by Crippen LogP contribution is -2.40. The zero-order valence-electron chi connectivity index (χ0n) is 41.6. The van der Waals surface area contributed by atoms with Gasteiger partial charge in [0.1, 0.15) is 23.8 Å². The van der Waals surface area contributed by atoms with Gasteiger partial charge in [0.2, 0.25) is 0 Å². The fraction of sp³-hybridized carbons (Fsp3) is 0.0857. The van der Waals surface area contributed by atoms with Gasteiger partial charge in [-0.25, -0.2) is 0 Å². The van der Waals surface area contributed by atoms with E-state index in [1.54, 1.807) is 0 Å². The highest BCUT2D eigenvalue weighted by atomic mass is 32.1. The molecule has 0 spiro atoms. The summed E-state index contributed by atoms with van der Waals surface area (Å²) in [6.07, 6.45) is 4.44. The number of rotatable bonds is 15. The summed E-state index contributed by atoms with van der Waals surface area (Å²) in [7, 11) is 0. The molecule has 358 valence electrons. The predicted octanol–water partition coefficient (Wildman–Crippen LogP) is 16.3. The Morgan fingerprint density at radius 2 is 0.595 bits per heavy atom. The fourth-order valence-electron chi connectivity index (χ4n) is 11.4. The Hall–Kier alpha value is -8.28. The van der Waals surface area contributed by atoms with Crippen LogP contribution >= 0.6 is 12.2 Å². The van der Waals surface area contributed by atoms with E-state index in [2.05, 4.69) is 302 Å². The summed E-state index contributed by atoms with van der Waals surface area (Å²) < 4.78 is 5.04. The van der Waals surface area contributed by atoms with Crippen LogP contribution in [0.15, 0.2) is 279 Å². The molecule has 0 saturated heterocycles. The standard InChI is InChI=1S/C70H56N2S2/c1-49-45-59(63(51-27-11-3-12-28-51)52-29-13-4-14-30-52)67(60(46-49)64(53-31-15-5-16-32-53)54-33-17-6-18-34-54)71-43-44-72(69(71)70(73)74)68-61(65(55-35-19-7-20-36-55)56-37-21-8-22-38-56)47-50(2)48-62(68)66(57-39-23-9-24-40-57)58-41-25-10-26-42-58/h3-48,63-66H,1-2H3. The number of imidazole rings is 1. The first-order valence-electron chi connectivity index (χ1n) is 25.5. The van der Waals surface area contributed by atoms with Crippen LogP contribution in [-0.2, 0) is 12.6 Å². The van der Waals surface area contributed by atoms with Crippen LogP contribution in [0.1, 0.15) is 107 Å². The van der Waals surface area contributed by atoms with Crippen LogP contribution in [0.5, 0.6) is 0 Å². The van der Waals surface area contributed by atoms with Crippen LogP contribution in [0.2, 0.25) is 0 Å². The Kier molecular flexibility index (Phi) is 14.2. The Labute approximate surface area is 447 Å². The van der Waals surface area contributed by atoms with Crippen molar-refractivity contribution < 1.29 is 4.57 Å². The maximum absolute atomic E-state index is 6.50. The topological polar surface area (TPSA) is 8.81 Å². The molecule has 2 nitrogen and oxygen atoms in total. The van der Waals surface area contributed by atoms with Gasteiger partial charge >= 0.3 is 0 Å². The van der Waals surface area contributed by atoms with Crippen LogP contribution in [-0.4, -0.2) is 8.76 Å². The van der Waals surface area contributed by atoms with Crippen molar-refractivity contribution >= 4 is 29.0 Å². The quantitative estimate of drug-likeness (QED) is 0.0438. The monoisotopic (exact) mass is 988 g/mol. The third-order valence-electron chi connectivity index (χ3n) is 14.4. The van der Waals surface area contributed by atoms with Crippen molar-refractivity contribution in [1.29, 1.82) is 0 Å². The van der Waals surface area contributed by atoms with Crippen molar-refractivity contribution in [2.24, 2.45) is 0 Å². The van der Waals surface area contributed by atoms with Gasteiger partial charge in [-0.2, -0.15) is 9.13 Å². The van der Waals surface area contributed by atoms with E-state index in [1.807, 2.05) is 0 Å². The second-order valence-electron chi connectivity index (χ2n) is 19.3. The molecule has 0 amide bonds. The average molecular weight is 989 g/mol. The van der Waals surface area contributed by atoms with Gasteiger partial charge in [-0.05, 0) is 62.6 Å². The van der Waals surface area contributed by atoms with Crippen LogP contribution in [0.3, 0.4) is 0 Å². The maximum atomic E-state index is 6.50. The molecule has 0 fully saturated rings. The first kappa shape index (κ1) is 48.0. The SMILES string of the molecule is Cc1cc(C(c2ccccc2)c2ccccc2)c(-n2cc[n+](-c3c(C(c4ccccc4)c4ccccc4)cc(C)cc3C(c3ccccc3)c3ccccc3)c2C(=S)[S-])c(C(c2ccccc2)c2ccccc2)c1. The molecule has 1 heterocycles. The first-order chi connectivity index (χ1) is 36.4. The lowest BCUT2D eigenvalue weighted by Gasteiger charge is -2.28. The van der Waals surface area contributed by atoms with Crippen LogP contribution in [0.4, 0.5) is 0 Å². The third-order valence-corrected chi connectivity index (χ3v) is 14.8. The number of hydrogen-bond acceptors (Lipinski definition) is 2. The zero-order chi connectivity index (χ0) is 50.4. The molecule has 0 unspecified atom stereocenters. The Bertz CT molecular complexity index is 3040. The van der Waals surface area contributed by atoms with Crippen molar-refractivity contribution in [3.8, 4) is 11.4 Å². The summed E-state index contributed by atoms with van der Waals surface area (Å²) in [5.74, 6) is 0.158. The molecule has 0 saturated carbocycles. The molecule has 11 aromatic rings. The number of hydrogen-bond donors (Lipinski definition) is 0. The lowest BCUT2D eigenvalue weighted by molar-refractivity contribution is -0.597. The van der Waals surface area contributed by atoms with Crippen LogP contribution < -0.4 is 4.57 Å². The number of thiocarbonyl (C=S) groups is 1. The smallest absolute Gasteiger partial charge is 0.279 e. The Morgan fingerprint density at radius 1 is 0.365 bits per heavy atom. The highest BCUT2D eigenvalue weighted by Gasteiger charge is 2.36. The summed E-state index contributed by atoms with van der Waals surface area (Å²) in [6, 6.07) is 96.9. The summed E-state index contributed by atoms with van der Waals surface area (Å²) in [6.45, 7) is 4.47. The molecular formula is C70H56N2S2. The van der Waals surface area contributed by atoms with Crippen molar-refractivity contribution in [3.63, 3.8) is 0 Å². The third kappa shape index (κ3) is 9.70. The molecule has 0 aliphatic rings. The second-order valence-corrected chi connectivity index (χ2v) is 20.3. The molecule has 0 bridgehead atoms. The first-order valence-corrected chi connectivity index (χ1v) is 26.3. The Morgan fingerprint density at radius 3 is 0.838 bits per heavy atom. The van der Waals surface area contributed by atoms with Gasteiger partial charge in [-0.15, -0.1) is 0 Å². The molecule has 11 rings (SSSR count). The van der Waals surface area contributed by atoms with Crippen molar-refractivity contribution in [1.82, 2.24) is 4.57 Å². The molecule has 74 heavy (non-hydrogen) atoms. The van der Waals surface area contributed by atoms with E-state index in [1.165, 1.54) is 55.6 Å². The van der Waals surface area contributed by atoms with Gasteiger partial charge in [-0.1, -0.05) is 278 Å². The summed E-state index contributed by atoms with van der Waals surface area (Å²) in [4.78, 5) is 0.